The Bertz CT molecular complexity index is 778. The minimum atomic E-state index is -4.68. The number of nitrogens with one attached hydrogen (secondary N) is 2. The summed E-state index contributed by atoms with van der Waals surface area (Å²) < 4.78 is 57.6. The molecule has 2 rings (SSSR count). The van der Waals surface area contributed by atoms with Crippen molar-refractivity contribution in [2.45, 2.75) is 32.2 Å². The van der Waals surface area contributed by atoms with Crippen LogP contribution in [-0.4, -0.2) is 24.2 Å². The van der Waals surface area contributed by atoms with E-state index in [9.17, 15) is 22.7 Å². The van der Waals surface area contributed by atoms with Gasteiger partial charge in [0.05, 0.1) is 24.9 Å². The first kappa shape index (κ1) is 24.2. The molecule has 2 aromatic rings. The van der Waals surface area contributed by atoms with Gasteiger partial charge in [-0.2, -0.15) is 13.2 Å². The smallest absolute Gasteiger partial charge is 0.416 e. The quantitative estimate of drug-likeness (QED) is 0.236. The number of hydrogen-bond donors (Lipinski definition) is 3. The van der Waals surface area contributed by atoms with Crippen LogP contribution in [0.5, 0.6) is 0 Å². The summed E-state index contributed by atoms with van der Waals surface area (Å²) in [4.78, 5) is 4.10. The van der Waals surface area contributed by atoms with E-state index in [2.05, 4.69) is 15.6 Å². The van der Waals surface area contributed by atoms with Gasteiger partial charge in [0.15, 0.2) is 5.96 Å². The summed E-state index contributed by atoms with van der Waals surface area (Å²) in [5.74, 6) is -0.417. The van der Waals surface area contributed by atoms with E-state index in [0.717, 1.165) is 12.1 Å². The normalized spacial score (nSPS) is 14.2. The summed E-state index contributed by atoms with van der Waals surface area (Å²) in [6.07, 6.45) is -3.25. The summed E-state index contributed by atoms with van der Waals surface area (Å²) in [6.45, 7) is 3.49. The highest BCUT2D eigenvalue weighted by atomic mass is 127. The molecule has 28 heavy (non-hydrogen) atoms. The Morgan fingerprint density at radius 3 is 2.50 bits per heavy atom. The van der Waals surface area contributed by atoms with Crippen molar-refractivity contribution in [3.63, 3.8) is 0 Å². The van der Waals surface area contributed by atoms with Gasteiger partial charge in [-0.3, -0.25) is 0 Å². The molecule has 0 aliphatic rings. The van der Waals surface area contributed by atoms with Crippen molar-refractivity contribution in [2.75, 3.05) is 13.1 Å². The predicted octanol–water partition coefficient (Wildman–Crippen LogP) is 4.02. The lowest BCUT2D eigenvalue weighted by molar-refractivity contribution is -0.138. The molecule has 1 aromatic heterocycles. The summed E-state index contributed by atoms with van der Waals surface area (Å²) in [5.41, 5.74) is -2.56. The Balaban J connectivity index is 0.00000392. The van der Waals surface area contributed by atoms with Crippen LogP contribution >= 0.6 is 24.0 Å². The third-order valence-electron chi connectivity index (χ3n) is 3.78. The van der Waals surface area contributed by atoms with Crippen molar-refractivity contribution in [3.8, 4) is 0 Å². The Morgan fingerprint density at radius 2 is 1.93 bits per heavy atom. The average Bonchev–Trinajstić information content (AvgIpc) is 3.13. The van der Waals surface area contributed by atoms with Crippen LogP contribution in [0.15, 0.2) is 46.0 Å². The van der Waals surface area contributed by atoms with Gasteiger partial charge in [0, 0.05) is 6.54 Å². The van der Waals surface area contributed by atoms with E-state index in [1.807, 2.05) is 0 Å². The van der Waals surface area contributed by atoms with E-state index < -0.39 is 23.2 Å². The van der Waals surface area contributed by atoms with Crippen LogP contribution in [-0.2, 0) is 18.3 Å². The number of rotatable bonds is 6. The van der Waals surface area contributed by atoms with Crippen LogP contribution in [0.4, 0.5) is 17.6 Å². The highest BCUT2D eigenvalue weighted by Crippen LogP contribution is 2.32. The minimum Gasteiger partial charge on any atom is -0.466 e. The second kappa shape index (κ2) is 10.1. The molecule has 0 spiro atoms. The molecule has 0 bridgehead atoms. The van der Waals surface area contributed by atoms with Crippen LogP contribution in [0, 0.1) is 5.82 Å². The third-order valence-corrected chi connectivity index (χ3v) is 3.78. The Kier molecular flexibility index (Phi) is 8.74. The van der Waals surface area contributed by atoms with Crippen molar-refractivity contribution in [1.82, 2.24) is 10.6 Å². The van der Waals surface area contributed by atoms with Gasteiger partial charge < -0.3 is 20.2 Å². The number of benzene rings is 1. The van der Waals surface area contributed by atoms with E-state index in [1.165, 1.54) is 13.2 Å². The van der Waals surface area contributed by atoms with Gasteiger partial charge in [0.25, 0.3) is 0 Å². The van der Waals surface area contributed by atoms with Crippen LogP contribution < -0.4 is 10.6 Å². The monoisotopic (exact) mass is 515 g/mol. The lowest BCUT2D eigenvalue weighted by Crippen LogP contribution is -2.44. The molecule has 10 heteroatoms. The first-order valence-electron chi connectivity index (χ1n) is 8.27. The second-order valence-corrected chi connectivity index (χ2v) is 6.10. The highest BCUT2D eigenvalue weighted by Gasteiger charge is 2.33. The Morgan fingerprint density at radius 1 is 1.21 bits per heavy atom. The summed E-state index contributed by atoms with van der Waals surface area (Å²) in [7, 11) is 0. The lowest BCUT2D eigenvalue weighted by Gasteiger charge is -2.22. The third kappa shape index (κ3) is 6.66. The summed E-state index contributed by atoms with van der Waals surface area (Å²) >= 11 is 0. The van der Waals surface area contributed by atoms with Gasteiger partial charge in [-0.1, -0.05) is 6.07 Å². The van der Waals surface area contributed by atoms with E-state index >= 15 is 0 Å². The van der Waals surface area contributed by atoms with Crippen LogP contribution in [0.3, 0.4) is 0 Å². The SMILES string of the molecule is CCNC(=NCc1ccc(F)cc1C(F)(F)F)NCC(C)(O)c1ccco1.I. The zero-order valence-electron chi connectivity index (χ0n) is 15.3. The molecule has 1 heterocycles. The number of nitrogens with zero attached hydrogens (tertiary/aromatic N) is 1. The molecule has 0 saturated heterocycles. The first-order valence-corrected chi connectivity index (χ1v) is 8.27. The number of aliphatic hydroxyl groups is 1. The van der Waals surface area contributed by atoms with Crippen LogP contribution in [0.1, 0.15) is 30.7 Å². The summed E-state index contributed by atoms with van der Waals surface area (Å²) in [6, 6.07) is 5.72. The summed E-state index contributed by atoms with van der Waals surface area (Å²) in [5, 5.41) is 16.2. The Hall–Kier alpha value is -1.82. The molecule has 1 aromatic carbocycles. The van der Waals surface area contributed by atoms with Crippen molar-refractivity contribution < 1.29 is 27.1 Å². The van der Waals surface area contributed by atoms with Gasteiger partial charge in [-0.25, -0.2) is 9.38 Å². The molecule has 156 valence electrons. The van der Waals surface area contributed by atoms with Gasteiger partial charge in [0.1, 0.15) is 17.2 Å². The maximum absolute atomic E-state index is 13.2. The molecule has 0 aliphatic carbocycles. The molecule has 3 N–H and O–H groups in total. The molecule has 1 atom stereocenters. The topological polar surface area (TPSA) is 69.8 Å². The molecule has 1 unspecified atom stereocenters. The standard InChI is InChI=1S/C18H21F4N3O2.HI/c1-3-23-16(25-11-17(2,26)15-5-4-8-27-15)24-10-12-6-7-13(19)9-14(12)18(20,21)22;/h4-9,26H,3,10-11H2,1-2H3,(H2,23,24,25);1H. The fourth-order valence-corrected chi connectivity index (χ4v) is 2.38. The zero-order chi connectivity index (χ0) is 20.1. The number of guanidine groups is 1. The zero-order valence-corrected chi connectivity index (χ0v) is 17.6. The van der Waals surface area contributed by atoms with Crippen molar-refractivity contribution in [2.24, 2.45) is 4.99 Å². The van der Waals surface area contributed by atoms with Gasteiger partial charge >= 0.3 is 6.18 Å². The highest BCUT2D eigenvalue weighted by molar-refractivity contribution is 14.0. The molecule has 0 fully saturated rings. The molecule has 0 radical (unpaired) electrons. The van der Waals surface area contributed by atoms with Gasteiger partial charge in [0.2, 0.25) is 0 Å². The van der Waals surface area contributed by atoms with Gasteiger partial charge in [-0.05, 0) is 43.7 Å². The first-order chi connectivity index (χ1) is 12.6. The molecular formula is C18H22F4IN3O2. The fourth-order valence-electron chi connectivity index (χ4n) is 2.38. The van der Waals surface area contributed by atoms with Crippen LogP contribution in [0.2, 0.25) is 0 Å². The maximum atomic E-state index is 13.2. The molecule has 0 amide bonds. The number of furan rings is 1. The number of halogens is 5. The average molecular weight is 515 g/mol. The lowest BCUT2D eigenvalue weighted by atomic mass is 10.0. The van der Waals surface area contributed by atoms with E-state index in [0.29, 0.717) is 18.4 Å². The van der Waals surface area contributed by atoms with E-state index in [4.69, 9.17) is 4.42 Å². The molecule has 0 aliphatic heterocycles. The van der Waals surface area contributed by atoms with Gasteiger partial charge in [-0.15, -0.1) is 24.0 Å². The van der Waals surface area contributed by atoms with Crippen molar-refractivity contribution >= 4 is 29.9 Å². The maximum Gasteiger partial charge on any atom is 0.416 e. The molecule has 5 nitrogen and oxygen atoms in total. The number of aliphatic imine (C=N–C) groups is 1. The van der Waals surface area contributed by atoms with Crippen molar-refractivity contribution in [3.05, 3.63) is 59.3 Å². The second-order valence-electron chi connectivity index (χ2n) is 6.10. The number of alkyl halides is 3. The Labute approximate surface area is 177 Å². The fraction of sp³-hybridized carbons (Fsp3) is 0.389. The number of hydrogen-bond acceptors (Lipinski definition) is 3. The molecule has 0 saturated carbocycles. The van der Waals surface area contributed by atoms with E-state index in [-0.39, 0.29) is 48.6 Å². The van der Waals surface area contributed by atoms with E-state index in [1.54, 1.807) is 19.1 Å². The minimum absolute atomic E-state index is 0. The molecular weight excluding hydrogens is 493 g/mol. The van der Waals surface area contributed by atoms with Crippen LogP contribution in [0.25, 0.3) is 0 Å². The van der Waals surface area contributed by atoms with Crippen molar-refractivity contribution in [1.29, 1.82) is 0 Å². The predicted molar refractivity (Wildman–Crippen MR) is 108 cm³/mol. The largest absolute Gasteiger partial charge is 0.466 e.